The average Bonchev–Trinajstić information content (AvgIpc) is 2.37. The molecule has 0 aliphatic carbocycles. The Labute approximate surface area is 129 Å². The number of amides is 1. The van der Waals surface area contributed by atoms with Crippen LogP contribution in [0.5, 0.6) is 0 Å². The number of hydrogen-bond acceptors (Lipinski definition) is 3. The molecule has 2 aliphatic heterocycles. The number of likely N-dealkylation sites (tertiary alicyclic amines) is 2. The molecule has 4 nitrogen and oxygen atoms in total. The Hall–Kier alpha value is -0.610. The fourth-order valence-corrected chi connectivity index (χ4v) is 3.53. The molecule has 0 aromatic heterocycles. The molecular formula is C17H32N2O2. The second-order valence-corrected chi connectivity index (χ2v) is 8.38. The van der Waals surface area contributed by atoms with E-state index in [0.29, 0.717) is 13.0 Å². The lowest BCUT2D eigenvalue weighted by molar-refractivity contribution is -0.161. The second kappa shape index (κ2) is 6.25. The predicted molar refractivity (Wildman–Crippen MR) is 85.1 cm³/mol. The van der Waals surface area contributed by atoms with Crippen LogP contribution in [0.2, 0.25) is 0 Å². The number of carbonyl (C=O) groups excluding carboxylic acids is 1. The van der Waals surface area contributed by atoms with Gasteiger partial charge in [-0.1, -0.05) is 27.7 Å². The Bertz CT molecular complexity index is 369. The summed E-state index contributed by atoms with van der Waals surface area (Å²) < 4.78 is 0. The van der Waals surface area contributed by atoms with Crippen molar-refractivity contribution in [3.63, 3.8) is 0 Å². The monoisotopic (exact) mass is 296 g/mol. The predicted octanol–water partition coefficient (Wildman–Crippen LogP) is 2.12. The first-order valence-corrected chi connectivity index (χ1v) is 8.44. The van der Waals surface area contributed by atoms with Gasteiger partial charge >= 0.3 is 0 Å². The summed E-state index contributed by atoms with van der Waals surface area (Å²) >= 11 is 0. The molecule has 2 fully saturated rings. The van der Waals surface area contributed by atoms with Crippen LogP contribution >= 0.6 is 0 Å². The zero-order chi connectivity index (χ0) is 15.7. The minimum Gasteiger partial charge on any atom is -0.379 e. The molecule has 2 saturated heterocycles. The molecule has 2 heterocycles. The number of piperidine rings is 2. The maximum Gasteiger partial charge on any atom is 0.255 e. The van der Waals surface area contributed by atoms with E-state index >= 15 is 0 Å². The molecule has 1 N–H and O–H groups in total. The van der Waals surface area contributed by atoms with Crippen LogP contribution in [0.1, 0.15) is 53.4 Å². The summed E-state index contributed by atoms with van der Waals surface area (Å²) in [6, 6.07) is 0. The summed E-state index contributed by atoms with van der Waals surface area (Å²) in [7, 11) is 0. The lowest BCUT2D eigenvalue weighted by Crippen LogP contribution is -2.60. The summed E-state index contributed by atoms with van der Waals surface area (Å²) in [5, 5.41) is 10.9. The summed E-state index contributed by atoms with van der Waals surface area (Å²) in [5.41, 5.74) is -1.08. The van der Waals surface area contributed by atoms with Crippen LogP contribution in [-0.4, -0.2) is 59.1 Å². The molecule has 122 valence electrons. The number of β-amino-alcohol motifs (C(OH)–C–C–N with tert-alkyl or cyclic N) is 1. The molecule has 0 aromatic carbocycles. The third-order valence-corrected chi connectivity index (χ3v) is 4.73. The normalized spacial score (nSPS) is 30.0. The first-order chi connectivity index (χ1) is 9.70. The lowest BCUT2D eigenvalue weighted by Gasteiger charge is -2.43. The van der Waals surface area contributed by atoms with Crippen LogP contribution in [0.4, 0.5) is 0 Å². The van der Waals surface area contributed by atoms with Crippen molar-refractivity contribution >= 4 is 5.91 Å². The molecule has 1 atom stereocenters. The number of hydrogen-bond donors (Lipinski definition) is 1. The van der Waals surface area contributed by atoms with Crippen molar-refractivity contribution in [2.75, 3.05) is 32.7 Å². The number of aliphatic hydroxyl groups is 1. The van der Waals surface area contributed by atoms with Crippen LogP contribution in [0.15, 0.2) is 0 Å². The van der Waals surface area contributed by atoms with Crippen molar-refractivity contribution in [1.29, 1.82) is 0 Å². The van der Waals surface area contributed by atoms with Crippen LogP contribution in [0.3, 0.4) is 0 Å². The topological polar surface area (TPSA) is 43.8 Å². The van der Waals surface area contributed by atoms with Gasteiger partial charge in [0.1, 0.15) is 0 Å². The van der Waals surface area contributed by atoms with Gasteiger partial charge < -0.3 is 10.0 Å². The SMILES string of the molecule is CC1CCN(C[C@]2(O)CCCN(CC(C)(C)C)C2=O)CC1. The zero-order valence-corrected chi connectivity index (χ0v) is 14.2. The zero-order valence-electron chi connectivity index (χ0n) is 14.2. The van der Waals surface area contributed by atoms with Crippen molar-refractivity contribution in [2.45, 2.75) is 59.0 Å². The number of nitrogens with zero attached hydrogens (tertiary/aromatic N) is 2. The second-order valence-electron chi connectivity index (χ2n) is 8.38. The summed E-state index contributed by atoms with van der Waals surface area (Å²) in [6.07, 6.45) is 3.87. The van der Waals surface area contributed by atoms with Crippen molar-refractivity contribution < 1.29 is 9.90 Å². The maximum absolute atomic E-state index is 12.7. The molecule has 0 spiro atoms. The van der Waals surface area contributed by atoms with Crippen LogP contribution < -0.4 is 0 Å². The summed E-state index contributed by atoms with van der Waals surface area (Å²) in [6.45, 7) is 12.7. The van der Waals surface area contributed by atoms with E-state index in [-0.39, 0.29) is 11.3 Å². The van der Waals surface area contributed by atoms with Gasteiger partial charge in [0.25, 0.3) is 5.91 Å². The Morgan fingerprint density at radius 1 is 1.24 bits per heavy atom. The van der Waals surface area contributed by atoms with Crippen LogP contribution in [0.25, 0.3) is 0 Å². The third kappa shape index (κ3) is 4.43. The summed E-state index contributed by atoms with van der Waals surface area (Å²) in [5.74, 6) is 0.720. The molecule has 0 unspecified atom stereocenters. The van der Waals surface area contributed by atoms with Gasteiger partial charge in [0, 0.05) is 19.6 Å². The Morgan fingerprint density at radius 3 is 2.43 bits per heavy atom. The van der Waals surface area contributed by atoms with Crippen molar-refractivity contribution in [1.82, 2.24) is 9.80 Å². The molecule has 21 heavy (non-hydrogen) atoms. The van der Waals surface area contributed by atoms with Gasteiger partial charge in [-0.25, -0.2) is 0 Å². The van der Waals surface area contributed by atoms with E-state index in [4.69, 9.17) is 0 Å². The van der Waals surface area contributed by atoms with Crippen LogP contribution in [-0.2, 0) is 4.79 Å². The van der Waals surface area contributed by atoms with E-state index in [0.717, 1.165) is 38.5 Å². The average molecular weight is 296 g/mol. The van der Waals surface area contributed by atoms with Gasteiger partial charge in [-0.2, -0.15) is 0 Å². The van der Waals surface area contributed by atoms with E-state index in [2.05, 4.69) is 32.6 Å². The first-order valence-electron chi connectivity index (χ1n) is 8.44. The van der Waals surface area contributed by atoms with Crippen molar-refractivity contribution in [2.24, 2.45) is 11.3 Å². The van der Waals surface area contributed by atoms with E-state index < -0.39 is 5.60 Å². The van der Waals surface area contributed by atoms with Gasteiger partial charge in [-0.15, -0.1) is 0 Å². The van der Waals surface area contributed by atoms with Crippen molar-refractivity contribution in [3.05, 3.63) is 0 Å². The minimum atomic E-state index is -1.16. The fourth-order valence-electron chi connectivity index (χ4n) is 3.53. The molecule has 2 rings (SSSR count). The molecule has 2 aliphatic rings. The van der Waals surface area contributed by atoms with Gasteiger partial charge in [0.2, 0.25) is 0 Å². The number of rotatable bonds is 3. The largest absolute Gasteiger partial charge is 0.379 e. The molecule has 4 heteroatoms. The third-order valence-electron chi connectivity index (χ3n) is 4.73. The highest BCUT2D eigenvalue weighted by molar-refractivity contribution is 5.86. The van der Waals surface area contributed by atoms with E-state index in [1.807, 2.05) is 4.90 Å². The molecule has 0 aromatic rings. The highest BCUT2D eigenvalue weighted by Crippen LogP contribution is 2.28. The minimum absolute atomic E-state index is 0.0534. The maximum atomic E-state index is 12.7. The van der Waals surface area contributed by atoms with Crippen molar-refractivity contribution in [3.8, 4) is 0 Å². The van der Waals surface area contributed by atoms with E-state index in [9.17, 15) is 9.90 Å². The Kier molecular flexibility index (Phi) is 4.99. The Balaban J connectivity index is 1.98. The number of carbonyl (C=O) groups is 1. The van der Waals surface area contributed by atoms with Gasteiger partial charge in [0.15, 0.2) is 5.60 Å². The van der Waals surface area contributed by atoms with Gasteiger partial charge in [0.05, 0.1) is 0 Å². The molecule has 1 amide bonds. The molecular weight excluding hydrogens is 264 g/mol. The molecule has 0 bridgehead atoms. The summed E-state index contributed by atoms with van der Waals surface area (Å²) in [4.78, 5) is 16.9. The van der Waals surface area contributed by atoms with Gasteiger partial charge in [-0.05, 0) is 50.1 Å². The van der Waals surface area contributed by atoms with E-state index in [1.165, 1.54) is 12.8 Å². The van der Waals surface area contributed by atoms with E-state index in [1.54, 1.807) is 0 Å². The molecule has 0 saturated carbocycles. The van der Waals surface area contributed by atoms with Gasteiger partial charge in [-0.3, -0.25) is 9.69 Å². The highest BCUT2D eigenvalue weighted by atomic mass is 16.3. The smallest absolute Gasteiger partial charge is 0.255 e. The fraction of sp³-hybridized carbons (Fsp3) is 0.941. The highest BCUT2D eigenvalue weighted by Gasteiger charge is 2.44. The van der Waals surface area contributed by atoms with Crippen LogP contribution in [0, 0.1) is 11.3 Å². The Morgan fingerprint density at radius 2 is 1.86 bits per heavy atom. The lowest BCUT2D eigenvalue weighted by atomic mass is 9.87. The quantitative estimate of drug-likeness (QED) is 0.867. The standard InChI is InChI=1S/C17H32N2O2/c1-14-6-10-18(11-7-14)13-17(21)8-5-9-19(15(17)20)12-16(2,3)4/h14,21H,5-13H2,1-4H3/t17-/m1/s1. The first kappa shape index (κ1) is 16.8. The molecule has 0 radical (unpaired) electrons.